The molecule has 3 nitrogen and oxygen atoms in total. The summed E-state index contributed by atoms with van der Waals surface area (Å²) in [4.78, 5) is 0. The fourth-order valence-electron chi connectivity index (χ4n) is 1.47. The lowest BCUT2D eigenvalue weighted by molar-refractivity contribution is 0.297. The number of halogens is 1. The van der Waals surface area contributed by atoms with E-state index in [9.17, 15) is 4.39 Å². The van der Waals surface area contributed by atoms with Crippen molar-refractivity contribution in [2.24, 2.45) is 0 Å². The van der Waals surface area contributed by atoms with Crippen LogP contribution in [0.4, 0.5) is 4.39 Å². The summed E-state index contributed by atoms with van der Waals surface area (Å²) < 4.78 is 19.1. The zero-order valence-electron chi connectivity index (χ0n) is 11.8. The molecular weight excluding hydrogens is 243 g/mol. The Bertz CT molecular complexity index is 446. The second-order valence-electron chi connectivity index (χ2n) is 5.48. The molecule has 104 valence electrons. The number of nitriles is 1. The summed E-state index contributed by atoms with van der Waals surface area (Å²) in [6.45, 7) is 7.18. The maximum atomic E-state index is 13.8. The van der Waals surface area contributed by atoms with Crippen LogP contribution >= 0.6 is 0 Å². The van der Waals surface area contributed by atoms with Crippen LogP contribution in [0.25, 0.3) is 0 Å². The molecule has 0 spiro atoms. The number of ether oxygens (including phenoxy) is 1. The minimum atomic E-state index is -0.356. The van der Waals surface area contributed by atoms with Crippen molar-refractivity contribution >= 4 is 0 Å². The van der Waals surface area contributed by atoms with Crippen molar-refractivity contribution in [2.45, 2.75) is 45.7 Å². The Morgan fingerprint density at radius 3 is 2.68 bits per heavy atom. The second kappa shape index (κ2) is 7.10. The molecule has 0 heterocycles. The van der Waals surface area contributed by atoms with Gasteiger partial charge in [0.05, 0.1) is 12.7 Å². The Labute approximate surface area is 114 Å². The summed E-state index contributed by atoms with van der Waals surface area (Å²) >= 11 is 0. The predicted molar refractivity (Wildman–Crippen MR) is 73.3 cm³/mol. The van der Waals surface area contributed by atoms with Crippen molar-refractivity contribution in [1.29, 1.82) is 5.26 Å². The van der Waals surface area contributed by atoms with Gasteiger partial charge in [0.1, 0.15) is 0 Å². The smallest absolute Gasteiger partial charge is 0.165 e. The zero-order chi connectivity index (χ0) is 14.3. The van der Waals surface area contributed by atoms with Crippen molar-refractivity contribution in [3.05, 3.63) is 29.6 Å². The SMILES string of the molecule is CC(C)(C)NCc1ccc(OCCCC#N)c(F)c1. The van der Waals surface area contributed by atoms with Crippen LogP contribution in [0.3, 0.4) is 0 Å². The monoisotopic (exact) mass is 264 g/mol. The fourth-order valence-corrected chi connectivity index (χ4v) is 1.47. The van der Waals surface area contributed by atoms with Gasteiger partial charge in [-0.25, -0.2) is 4.39 Å². The third-order valence-corrected chi connectivity index (χ3v) is 2.51. The second-order valence-corrected chi connectivity index (χ2v) is 5.48. The quantitative estimate of drug-likeness (QED) is 0.801. The molecule has 1 aromatic carbocycles. The normalized spacial score (nSPS) is 11.1. The molecule has 0 aliphatic rings. The molecule has 0 aliphatic carbocycles. The minimum Gasteiger partial charge on any atom is -0.490 e. The number of rotatable bonds is 6. The Morgan fingerprint density at radius 2 is 2.11 bits per heavy atom. The van der Waals surface area contributed by atoms with Crippen molar-refractivity contribution in [1.82, 2.24) is 5.32 Å². The summed E-state index contributed by atoms with van der Waals surface area (Å²) in [5.41, 5.74) is 0.889. The molecule has 1 rings (SSSR count). The van der Waals surface area contributed by atoms with Gasteiger partial charge in [-0.1, -0.05) is 6.07 Å². The van der Waals surface area contributed by atoms with Crippen molar-refractivity contribution in [3.8, 4) is 11.8 Å². The van der Waals surface area contributed by atoms with Gasteiger partial charge in [-0.15, -0.1) is 0 Å². The van der Waals surface area contributed by atoms with Gasteiger partial charge in [-0.05, 0) is 44.9 Å². The number of hydrogen-bond donors (Lipinski definition) is 1. The molecule has 0 saturated carbocycles. The van der Waals surface area contributed by atoms with Crippen molar-refractivity contribution in [3.63, 3.8) is 0 Å². The molecule has 0 radical (unpaired) electrons. The molecular formula is C15H21FN2O. The average Bonchev–Trinajstić information content (AvgIpc) is 2.33. The van der Waals surface area contributed by atoms with Gasteiger partial charge in [-0.2, -0.15) is 5.26 Å². The molecule has 0 saturated heterocycles. The predicted octanol–water partition coefficient (Wildman–Crippen LogP) is 3.40. The minimum absolute atomic E-state index is 0.00292. The van der Waals surface area contributed by atoms with Crippen LogP contribution in [0.5, 0.6) is 5.75 Å². The summed E-state index contributed by atoms with van der Waals surface area (Å²) in [6.07, 6.45) is 1.04. The molecule has 1 aromatic rings. The number of nitrogens with one attached hydrogen (secondary N) is 1. The maximum absolute atomic E-state index is 13.8. The number of benzene rings is 1. The largest absolute Gasteiger partial charge is 0.490 e. The van der Waals surface area contributed by atoms with Crippen LogP contribution in [0, 0.1) is 17.1 Å². The van der Waals surface area contributed by atoms with E-state index in [0.717, 1.165) is 5.56 Å². The topological polar surface area (TPSA) is 45.0 Å². The molecule has 0 fully saturated rings. The molecule has 0 amide bonds. The summed E-state index contributed by atoms with van der Waals surface area (Å²) in [5, 5.41) is 11.7. The van der Waals surface area contributed by atoms with E-state index >= 15 is 0 Å². The van der Waals surface area contributed by atoms with Crippen LogP contribution in [-0.2, 0) is 6.54 Å². The first-order valence-electron chi connectivity index (χ1n) is 6.45. The third kappa shape index (κ3) is 6.21. The van der Waals surface area contributed by atoms with E-state index in [4.69, 9.17) is 10.00 Å². The highest BCUT2D eigenvalue weighted by Crippen LogP contribution is 2.19. The van der Waals surface area contributed by atoms with Crippen LogP contribution < -0.4 is 10.1 Å². The summed E-state index contributed by atoms with van der Waals surface area (Å²) in [7, 11) is 0. The molecule has 0 aliphatic heterocycles. The Balaban J connectivity index is 2.52. The first-order chi connectivity index (χ1) is 8.92. The third-order valence-electron chi connectivity index (χ3n) is 2.51. The van der Waals surface area contributed by atoms with E-state index in [-0.39, 0.29) is 17.1 Å². The molecule has 0 atom stereocenters. The zero-order valence-corrected chi connectivity index (χ0v) is 11.8. The van der Waals surface area contributed by atoms with Gasteiger partial charge >= 0.3 is 0 Å². The summed E-state index contributed by atoms with van der Waals surface area (Å²) in [5.74, 6) is -0.109. The summed E-state index contributed by atoms with van der Waals surface area (Å²) in [6, 6.07) is 7.00. The van der Waals surface area contributed by atoms with Crippen molar-refractivity contribution < 1.29 is 9.13 Å². The van der Waals surface area contributed by atoms with E-state index in [2.05, 4.69) is 26.1 Å². The Kier molecular flexibility index (Phi) is 5.78. The first kappa shape index (κ1) is 15.5. The van der Waals surface area contributed by atoms with Crippen LogP contribution in [-0.4, -0.2) is 12.1 Å². The highest BCUT2D eigenvalue weighted by molar-refractivity contribution is 5.29. The standard InChI is InChI=1S/C15H21FN2O/c1-15(2,3)18-11-12-6-7-14(13(16)10-12)19-9-5-4-8-17/h6-7,10,18H,4-5,9,11H2,1-3H3. The first-order valence-corrected chi connectivity index (χ1v) is 6.45. The van der Waals surface area contributed by atoms with E-state index < -0.39 is 0 Å². The number of nitrogens with zero attached hydrogens (tertiary/aromatic N) is 1. The van der Waals surface area contributed by atoms with Gasteiger partial charge in [0, 0.05) is 18.5 Å². The van der Waals surface area contributed by atoms with Crippen molar-refractivity contribution in [2.75, 3.05) is 6.61 Å². The van der Waals surface area contributed by atoms with Gasteiger partial charge in [0.15, 0.2) is 11.6 Å². The van der Waals surface area contributed by atoms with Gasteiger partial charge in [0.25, 0.3) is 0 Å². The van der Waals surface area contributed by atoms with E-state index in [1.807, 2.05) is 12.1 Å². The number of unbranched alkanes of at least 4 members (excludes halogenated alkanes) is 1. The molecule has 0 unspecified atom stereocenters. The van der Waals surface area contributed by atoms with Crippen LogP contribution in [0.1, 0.15) is 39.2 Å². The average molecular weight is 264 g/mol. The van der Waals surface area contributed by atoms with Gasteiger partial charge < -0.3 is 10.1 Å². The Hall–Kier alpha value is -1.60. The highest BCUT2D eigenvalue weighted by atomic mass is 19.1. The number of hydrogen-bond acceptors (Lipinski definition) is 3. The van der Waals surface area contributed by atoms with Gasteiger partial charge in [-0.3, -0.25) is 0 Å². The molecule has 1 N–H and O–H groups in total. The molecule has 19 heavy (non-hydrogen) atoms. The lowest BCUT2D eigenvalue weighted by Gasteiger charge is -2.20. The maximum Gasteiger partial charge on any atom is 0.165 e. The highest BCUT2D eigenvalue weighted by Gasteiger charge is 2.10. The van der Waals surface area contributed by atoms with Crippen LogP contribution in [0.15, 0.2) is 18.2 Å². The van der Waals surface area contributed by atoms with Gasteiger partial charge in [0.2, 0.25) is 0 Å². The lowest BCUT2D eigenvalue weighted by Crippen LogP contribution is -2.35. The lowest BCUT2D eigenvalue weighted by atomic mass is 10.1. The van der Waals surface area contributed by atoms with Crippen LogP contribution in [0.2, 0.25) is 0 Å². The van der Waals surface area contributed by atoms with E-state index in [1.165, 1.54) is 6.07 Å². The molecule has 4 heteroatoms. The molecule has 0 aromatic heterocycles. The van der Waals surface area contributed by atoms with E-state index in [1.54, 1.807) is 6.07 Å². The van der Waals surface area contributed by atoms with E-state index in [0.29, 0.717) is 26.0 Å². The Morgan fingerprint density at radius 1 is 1.37 bits per heavy atom. The fraction of sp³-hybridized carbons (Fsp3) is 0.533. The molecule has 0 bridgehead atoms.